The number of rotatable bonds is 8. The van der Waals surface area contributed by atoms with Crippen molar-refractivity contribution in [3.05, 3.63) is 65.6 Å². The molecule has 0 aliphatic heterocycles. The average molecular weight is 394 g/mol. The third-order valence-corrected chi connectivity index (χ3v) is 4.83. The third-order valence-electron chi connectivity index (χ3n) is 4.83. The van der Waals surface area contributed by atoms with Gasteiger partial charge in [0.15, 0.2) is 0 Å². The molecular formula is C22H26N4O3. The van der Waals surface area contributed by atoms with Crippen LogP contribution in [0.4, 0.5) is 5.69 Å². The van der Waals surface area contributed by atoms with Crippen molar-refractivity contribution in [2.45, 2.75) is 20.8 Å². The first-order chi connectivity index (χ1) is 14.0. The molecule has 7 nitrogen and oxygen atoms in total. The van der Waals surface area contributed by atoms with Gasteiger partial charge in [0.05, 0.1) is 11.3 Å². The van der Waals surface area contributed by atoms with Gasteiger partial charge >= 0.3 is 5.97 Å². The zero-order chi connectivity index (χ0) is 20.8. The Morgan fingerprint density at radius 3 is 2.52 bits per heavy atom. The predicted molar refractivity (Wildman–Crippen MR) is 112 cm³/mol. The summed E-state index contributed by atoms with van der Waals surface area (Å²) in [5.41, 5.74) is 2.91. The standard InChI is InChI=1S/C22H26N4O3/c1-4-25(5-2)14-15-29-22(28)17-9-11-18(12-10-17)24-21(27)20-16(3)23-19-8-6-7-13-26(19)20/h6-13H,4-5,14-15H2,1-3H3,(H,24,27). The fourth-order valence-electron chi connectivity index (χ4n) is 3.16. The molecule has 3 rings (SSSR count). The van der Waals surface area contributed by atoms with Crippen LogP contribution in [0, 0.1) is 6.92 Å². The number of imidazole rings is 1. The number of likely N-dealkylation sites (N-methyl/N-ethyl adjacent to an activating group) is 1. The molecule has 2 heterocycles. The maximum atomic E-state index is 12.7. The van der Waals surface area contributed by atoms with Crippen molar-refractivity contribution in [1.82, 2.24) is 14.3 Å². The monoisotopic (exact) mass is 394 g/mol. The number of esters is 1. The Bertz CT molecular complexity index is 991. The van der Waals surface area contributed by atoms with Gasteiger partial charge in [-0.05, 0) is 56.4 Å². The summed E-state index contributed by atoms with van der Waals surface area (Å²) >= 11 is 0. The Hall–Kier alpha value is -3.19. The number of benzene rings is 1. The number of ether oxygens (including phenoxy) is 1. The number of carbonyl (C=O) groups excluding carboxylic acids is 2. The first kappa shape index (κ1) is 20.5. The van der Waals surface area contributed by atoms with E-state index in [0.29, 0.717) is 35.8 Å². The van der Waals surface area contributed by atoms with E-state index in [-0.39, 0.29) is 11.9 Å². The van der Waals surface area contributed by atoms with Gasteiger partial charge < -0.3 is 15.0 Å². The summed E-state index contributed by atoms with van der Waals surface area (Å²) < 4.78 is 7.08. The summed E-state index contributed by atoms with van der Waals surface area (Å²) in [5, 5.41) is 2.86. The zero-order valence-electron chi connectivity index (χ0n) is 17.0. The number of amides is 1. The summed E-state index contributed by atoms with van der Waals surface area (Å²) in [4.78, 5) is 31.5. The molecule has 0 saturated carbocycles. The maximum Gasteiger partial charge on any atom is 0.338 e. The van der Waals surface area contributed by atoms with E-state index in [1.807, 2.05) is 24.4 Å². The topological polar surface area (TPSA) is 75.9 Å². The number of fused-ring (bicyclic) bond motifs is 1. The van der Waals surface area contributed by atoms with Gasteiger partial charge in [0.2, 0.25) is 0 Å². The Kier molecular flexibility index (Phi) is 6.61. The maximum absolute atomic E-state index is 12.7. The summed E-state index contributed by atoms with van der Waals surface area (Å²) in [5.74, 6) is -0.622. The second kappa shape index (κ2) is 9.34. The van der Waals surface area contributed by atoms with Gasteiger partial charge in [-0.25, -0.2) is 9.78 Å². The highest BCUT2D eigenvalue weighted by molar-refractivity contribution is 6.04. The smallest absolute Gasteiger partial charge is 0.338 e. The first-order valence-corrected chi connectivity index (χ1v) is 9.78. The van der Waals surface area contributed by atoms with Crippen LogP contribution in [0.15, 0.2) is 48.7 Å². The third kappa shape index (κ3) is 4.81. The molecule has 7 heteroatoms. The van der Waals surface area contributed by atoms with E-state index in [2.05, 4.69) is 29.0 Å². The second-order valence-corrected chi connectivity index (χ2v) is 6.67. The molecule has 0 aliphatic carbocycles. The lowest BCUT2D eigenvalue weighted by molar-refractivity contribution is 0.0466. The van der Waals surface area contributed by atoms with E-state index >= 15 is 0 Å². The van der Waals surface area contributed by atoms with Gasteiger partial charge in [0.1, 0.15) is 17.9 Å². The van der Waals surface area contributed by atoms with Crippen LogP contribution < -0.4 is 5.32 Å². The van der Waals surface area contributed by atoms with Gasteiger partial charge in [-0.2, -0.15) is 0 Å². The highest BCUT2D eigenvalue weighted by Crippen LogP contribution is 2.16. The minimum atomic E-state index is -0.368. The van der Waals surface area contributed by atoms with Crippen molar-refractivity contribution in [3.8, 4) is 0 Å². The second-order valence-electron chi connectivity index (χ2n) is 6.67. The molecule has 152 valence electrons. The molecule has 0 bridgehead atoms. The summed E-state index contributed by atoms with van der Waals surface area (Å²) in [6, 6.07) is 12.3. The first-order valence-electron chi connectivity index (χ1n) is 9.78. The fraction of sp³-hybridized carbons (Fsp3) is 0.318. The number of aryl methyl sites for hydroxylation is 1. The minimum absolute atomic E-state index is 0.254. The summed E-state index contributed by atoms with van der Waals surface area (Å²) in [6.45, 7) is 8.87. The molecule has 0 saturated heterocycles. The van der Waals surface area contributed by atoms with Gasteiger partial charge in [0, 0.05) is 18.4 Å². The molecule has 0 aliphatic rings. The van der Waals surface area contributed by atoms with Crippen LogP contribution in [0.25, 0.3) is 5.65 Å². The molecule has 2 aromatic heterocycles. The van der Waals surface area contributed by atoms with Crippen LogP contribution in [-0.2, 0) is 4.74 Å². The van der Waals surface area contributed by atoms with Crippen LogP contribution in [-0.4, -0.2) is 52.4 Å². The molecule has 1 amide bonds. The lowest BCUT2D eigenvalue weighted by Gasteiger charge is -2.17. The van der Waals surface area contributed by atoms with E-state index in [9.17, 15) is 9.59 Å². The van der Waals surface area contributed by atoms with Crippen LogP contribution in [0.1, 0.15) is 40.4 Å². The molecule has 0 unspecified atom stereocenters. The molecule has 3 aromatic rings. The van der Waals surface area contributed by atoms with Crippen molar-refractivity contribution in [1.29, 1.82) is 0 Å². The van der Waals surface area contributed by atoms with E-state index in [4.69, 9.17) is 4.74 Å². The number of hydrogen-bond donors (Lipinski definition) is 1. The number of nitrogens with one attached hydrogen (secondary N) is 1. The summed E-state index contributed by atoms with van der Waals surface area (Å²) in [6.07, 6.45) is 1.81. The van der Waals surface area contributed by atoms with Crippen molar-refractivity contribution in [2.24, 2.45) is 0 Å². The number of pyridine rings is 1. The molecule has 0 fully saturated rings. The molecular weight excluding hydrogens is 368 g/mol. The van der Waals surface area contributed by atoms with Crippen LogP contribution in [0.3, 0.4) is 0 Å². The minimum Gasteiger partial charge on any atom is -0.461 e. The number of carbonyl (C=O) groups is 2. The van der Waals surface area contributed by atoms with Crippen LogP contribution in [0.2, 0.25) is 0 Å². The van der Waals surface area contributed by atoms with Crippen molar-refractivity contribution in [3.63, 3.8) is 0 Å². The Labute approximate surface area is 170 Å². The SMILES string of the molecule is CCN(CC)CCOC(=O)c1ccc(NC(=O)c2c(C)nc3ccccn23)cc1. The Morgan fingerprint density at radius 1 is 1.10 bits per heavy atom. The highest BCUT2D eigenvalue weighted by Gasteiger charge is 2.16. The largest absolute Gasteiger partial charge is 0.461 e. The molecule has 0 atom stereocenters. The quantitative estimate of drug-likeness (QED) is 0.593. The van der Waals surface area contributed by atoms with Gasteiger partial charge in [0.25, 0.3) is 5.91 Å². The molecule has 29 heavy (non-hydrogen) atoms. The predicted octanol–water partition coefficient (Wildman–Crippen LogP) is 3.39. The van der Waals surface area contributed by atoms with Crippen molar-refractivity contribution in [2.75, 3.05) is 31.6 Å². The number of aromatic nitrogens is 2. The van der Waals surface area contributed by atoms with E-state index < -0.39 is 0 Å². The highest BCUT2D eigenvalue weighted by atomic mass is 16.5. The van der Waals surface area contributed by atoms with Crippen LogP contribution in [0.5, 0.6) is 0 Å². The van der Waals surface area contributed by atoms with Crippen molar-refractivity contribution >= 4 is 23.2 Å². The van der Waals surface area contributed by atoms with E-state index in [1.54, 1.807) is 35.6 Å². The van der Waals surface area contributed by atoms with Gasteiger partial charge in [-0.15, -0.1) is 0 Å². The van der Waals surface area contributed by atoms with Crippen molar-refractivity contribution < 1.29 is 14.3 Å². The zero-order valence-corrected chi connectivity index (χ0v) is 17.0. The lowest BCUT2D eigenvalue weighted by Crippen LogP contribution is -2.27. The average Bonchev–Trinajstić information content (AvgIpc) is 3.07. The summed E-state index contributed by atoms with van der Waals surface area (Å²) in [7, 11) is 0. The normalized spacial score (nSPS) is 11.0. The molecule has 0 spiro atoms. The van der Waals surface area contributed by atoms with Gasteiger partial charge in [-0.1, -0.05) is 19.9 Å². The number of anilines is 1. The van der Waals surface area contributed by atoms with Gasteiger partial charge in [-0.3, -0.25) is 9.20 Å². The van der Waals surface area contributed by atoms with E-state index in [0.717, 1.165) is 18.7 Å². The number of nitrogens with zero attached hydrogens (tertiary/aromatic N) is 3. The molecule has 1 aromatic carbocycles. The fourth-order valence-corrected chi connectivity index (χ4v) is 3.16. The Balaban J connectivity index is 1.62. The van der Waals surface area contributed by atoms with E-state index in [1.165, 1.54) is 0 Å². The lowest BCUT2D eigenvalue weighted by atomic mass is 10.2. The molecule has 1 N–H and O–H groups in total. The number of hydrogen-bond acceptors (Lipinski definition) is 5. The Morgan fingerprint density at radius 2 is 1.83 bits per heavy atom. The van der Waals surface area contributed by atoms with Crippen LogP contribution >= 0.6 is 0 Å². The molecule has 0 radical (unpaired) electrons.